The largest absolute Gasteiger partial charge is 0.383 e. The van der Waals surface area contributed by atoms with Crippen molar-refractivity contribution in [2.45, 2.75) is 26.2 Å². The molecule has 0 unspecified atom stereocenters. The van der Waals surface area contributed by atoms with Crippen LogP contribution in [0.25, 0.3) is 11.3 Å². The molecule has 0 spiro atoms. The quantitative estimate of drug-likeness (QED) is 0.864. The lowest BCUT2D eigenvalue weighted by molar-refractivity contribution is 0.524. The molecule has 0 aliphatic carbocycles. The third kappa shape index (κ3) is 2.52. The Morgan fingerprint density at radius 2 is 1.95 bits per heavy atom. The van der Waals surface area contributed by atoms with Crippen molar-refractivity contribution in [1.82, 2.24) is 9.55 Å². The van der Waals surface area contributed by atoms with Gasteiger partial charge in [-0.05, 0) is 18.2 Å². The zero-order valence-corrected chi connectivity index (χ0v) is 13.0. The van der Waals surface area contributed by atoms with E-state index in [1.165, 1.54) is 12.1 Å². The number of halogens is 2. The number of anilines is 1. The standard InChI is InChI=1S/C14H17BrFN3/c1-14(2,3)13-18-11(12(17)19(13)4)9-7-8(16)5-6-10(9)15/h5-7H,17H2,1-4H3. The van der Waals surface area contributed by atoms with E-state index in [2.05, 4.69) is 41.7 Å². The number of hydrogen-bond donors (Lipinski definition) is 1. The summed E-state index contributed by atoms with van der Waals surface area (Å²) in [5.41, 5.74) is 7.26. The van der Waals surface area contributed by atoms with Gasteiger partial charge in [0.1, 0.15) is 23.2 Å². The van der Waals surface area contributed by atoms with E-state index in [1.54, 1.807) is 6.07 Å². The van der Waals surface area contributed by atoms with Gasteiger partial charge in [-0.3, -0.25) is 0 Å². The molecule has 1 heterocycles. The number of hydrogen-bond acceptors (Lipinski definition) is 2. The second kappa shape index (κ2) is 4.63. The van der Waals surface area contributed by atoms with E-state index in [4.69, 9.17) is 5.73 Å². The summed E-state index contributed by atoms with van der Waals surface area (Å²) in [6.45, 7) is 6.21. The van der Waals surface area contributed by atoms with E-state index in [9.17, 15) is 4.39 Å². The summed E-state index contributed by atoms with van der Waals surface area (Å²) in [6.07, 6.45) is 0. The van der Waals surface area contributed by atoms with Crippen molar-refractivity contribution in [3.63, 3.8) is 0 Å². The normalized spacial score (nSPS) is 11.9. The molecule has 1 aromatic carbocycles. The first-order valence-electron chi connectivity index (χ1n) is 6.00. The van der Waals surface area contributed by atoms with Crippen LogP contribution in [0.2, 0.25) is 0 Å². The Hall–Kier alpha value is -1.36. The smallest absolute Gasteiger partial charge is 0.131 e. The van der Waals surface area contributed by atoms with Crippen LogP contribution in [0.1, 0.15) is 26.6 Å². The van der Waals surface area contributed by atoms with Crippen LogP contribution in [0.5, 0.6) is 0 Å². The molecule has 3 nitrogen and oxygen atoms in total. The number of rotatable bonds is 1. The predicted molar refractivity (Wildman–Crippen MR) is 79.4 cm³/mol. The van der Waals surface area contributed by atoms with Crippen LogP contribution in [0, 0.1) is 5.82 Å². The molecule has 0 aliphatic heterocycles. The highest BCUT2D eigenvalue weighted by Gasteiger charge is 2.24. The van der Waals surface area contributed by atoms with Crippen molar-refractivity contribution >= 4 is 21.7 Å². The van der Waals surface area contributed by atoms with Crippen LogP contribution >= 0.6 is 15.9 Å². The lowest BCUT2D eigenvalue weighted by Gasteiger charge is -2.17. The van der Waals surface area contributed by atoms with Gasteiger partial charge in [0.25, 0.3) is 0 Å². The minimum absolute atomic E-state index is 0.124. The fraction of sp³-hybridized carbons (Fsp3) is 0.357. The van der Waals surface area contributed by atoms with Gasteiger partial charge in [-0.25, -0.2) is 9.37 Å². The molecule has 102 valence electrons. The summed E-state index contributed by atoms with van der Waals surface area (Å²) in [7, 11) is 1.87. The number of imidazole rings is 1. The molecular formula is C14H17BrFN3. The maximum absolute atomic E-state index is 13.4. The summed E-state index contributed by atoms with van der Waals surface area (Å²) in [5, 5.41) is 0. The first-order chi connectivity index (χ1) is 8.71. The minimum atomic E-state index is -0.305. The van der Waals surface area contributed by atoms with Crippen LogP contribution in [0.15, 0.2) is 22.7 Å². The Morgan fingerprint density at radius 3 is 2.47 bits per heavy atom. The summed E-state index contributed by atoms with van der Waals surface area (Å²) >= 11 is 3.41. The SMILES string of the molecule is Cn1c(C(C)(C)C)nc(-c2cc(F)ccc2Br)c1N. The van der Waals surface area contributed by atoms with Crippen molar-refractivity contribution in [3.05, 3.63) is 34.3 Å². The highest BCUT2D eigenvalue weighted by molar-refractivity contribution is 9.10. The Kier molecular flexibility index (Phi) is 3.43. The molecule has 1 aromatic heterocycles. The maximum Gasteiger partial charge on any atom is 0.131 e. The van der Waals surface area contributed by atoms with E-state index in [-0.39, 0.29) is 11.2 Å². The Labute approximate surface area is 120 Å². The third-order valence-electron chi connectivity index (χ3n) is 2.99. The average Bonchev–Trinajstić information content (AvgIpc) is 2.59. The number of nitrogens with zero attached hydrogens (tertiary/aromatic N) is 2. The molecule has 0 saturated carbocycles. The van der Waals surface area contributed by atoms with Crippen molar-refractivity contribution < 1.29 is 4.39 Å². The van der Waals surface area contributed by atoms with E-state index in [0.717, 1.165) is 10.3 Å². The van der Waals surface area contributed by atoms with E-state index < -0.39 is 0 Å². The lowest BCUT2D eigenvalue weighted by Crippen LogP contribution is -2.17. The van der Waals surface area contributed by atoms with Gasteiger partial charge in [0, 0.05) is 22.5 Å². The predicted octanol–water partition coefficient (Wildman–Crippen LogP) is 3.87. The second-order valence-corrected chi connectivity index (χ2v) is 6.46. The topological polar surface area (TPSA) is 43.8 Å². The van der Waals surface area contributed by atoms with Crippen LogP contribution < -0.4 is 5.73 Å². The Morgan fingerprint density at radius 1 is 1.32 bits per heavy atom. The van der Waals surface area contributed by atoms with Gasteiger partial charge < -0.3 is 10.3 Å². The molecule has 0 atom stereocenters. The van der Waals surface area contributed by atoms with Crippen LogP contribution in [0.3, 0.4) is 0 Å². The first-order valence-corrected chi connectivity index (χ1v) is 6.79. The van der Waals surface area contributed by atoms with Crippen molar-refractivity contribution in [2.75, 3.05) is 5.73 Å². The number of aromatic nitrogens is 2. The lowest BCUT2D eigenvalue weighted by atomic mass is 9.96. The molecule has 0 fully saturated rings. The van der Waals surface area contributed by atoms with Crippen molar-refractivity contribution in [2.24, 2.45) is 7.05 Å². The summed E-state index contributed by atoms with van der Waals surface area (Å²) < 4.78 is 16.0. The highest BCUT2D eigenvalue weighted by Crippen LogP contribution is 2.35. The number of benzene rings is 1. The third-order valence-corrected chi connectivity index (χ3v) is 3.69. The summed E-state index contributed by atoms with van der Waals surface area (Å²) in [6, 6.07) is 4.50. The molecule has 2 N–H and O–H groups in total. The Balaban J connectivity index is 2.67. The minimum Gasteiger partial charge on any atom is -0.383 e. The molecule has 0 radical (unpaired) electrons. The molecule has 0 bridgehead atoms. The van der Waals surface area contributed by atoms with Gasteiger partial charge in [-0.1, -0.05) is 36.7 Å². The molecule has 0 aliphatic rings. The van der Waals surface area contributed by atoms with Crippen LogP contribution in [-0.4, -0.2) is 9.55 Å². The molecule has 2 aromatic rings. The fourth-order valence-electron chi connectivity index (χ4n) is 2.06. The van der Waals surface area contributed by atoms with Crippen LogP contribution in [-0.2, 0) is 12.5 Å². The van der Waals surface area contributed by atoms with Gasteiger partial charge >= 0.3 is 0 Å². The molecule has 5 heteroatoms. The van der Waals surface area contributed by atoms with Gasteiger partial charge in [0.05, 0.1) is 0 Å². The average molecular weight is 326 g/mol. The number of nitrogens with two attached hydrogens (primary N) is 1. The highest BCUT2D eigenvalue weighted by atomic mass is 79.9. The number of nitrogen functional groups attached to an aromatic ring is 1. The van der Waals surface area contributed by atoms with E-state index in [0.29, 0.717) is 17.1 Å². The van der Waals surface area contributed by atoms with Gasteiger partial charge in [0.15, 0.2) is 0 Å². The van der Waals surface area contributed by atoms with Crippen molar-refractivity contribution in [1.29, 1.82) is 0 Å². The van der Waals surface area contributed by atoms with Gasteiger partial charge in [-0.15, -0.1) is 0 Å². The molecule has 2 rings (SSSR count). The maximum atomic E-state index is 13.4. The van der Waals surface area contributed by atoms with Gasteiger partial charge in [-0.2, -0.15) is 0 Å². The van der Waals surface area contributed by atoms with E-state index >= 15 is 0 Å². The monoisotopic (exact) mass is 325 g/mol. The summed E-state index contributed by atoms with van der Waals surface area (Å²) in [4.78, 5) is 4.59. The van der Waals surface area contributed by atoms with Crippen molar-refractivity contribution in [3.8, 4) is 11.3 Å². The molecular weight excluding hydrogens is 309 g/mol. The van der Waals surface area contributed by atoms with Gasteiger partial charge in [0.2, 0.25) is 0 Å². The fourth-order valence-corrected chi connectivity index (χ4v) is 2.49. The summed E-state index contributed by atoms with van der Waals surface area (Å²) in [5.74, 6) is 1.10. The van der Waals surface area contributed by atoms with Crippen LogP contribution in [0.4, 0.5) is 10.2 Å². The Bertz CT molecular complexity index is 626. The molecule has 0 amide bonds. The second-order valence-electron chi connectivity index (χ2n) is 5.60. The zero-order chi connectivity index (χ0) is 14.4. The zero-order valence-electron chi connectivity index (χ0n) is 11.5. The molecule has 0 saturated heterocycles. The first kappa shape index (κ1) is 14.1. The van der Waals surface area contributed by atoms with E-state index in [1.807, 2.05) is 11.6 Å². The molecule has 19 heavy (non-hydrogen) atoms.